The largest absolute Gasteiger partial charge is 0.490 e. The van der Waals surface area contributed by atoms with E-state index in [1.54, 1.807) is 11.1 Å². The van der Waals surface area contributed by atoms with Crippen LogP contribution in [0.3, 0.4) is 0 Å². The molecule has 5 rings (SSSR count). The summed E-state index contributed by atoms with van der Waals surface area (Å²) in [6.07, 6.45) is 4.19. The van der Waals surface area contributed by atoms with E-state index in [0.717, 1.165) is 46.2 Å². The van der Waals surface area contributed by atoms with Crippen LogP contribution in [0.4, 0.5) is 0 Å². The lowest BCUT2D eigenvalue weighted by atomic mass is 10.0. The number of nitrogens with zero attached hydrogens (tertiary/aromatic N) is 2. The van der Waals surface area contributed by atoms with Crippen LogP contribution >= 0.6 is 0 Å². The van der Waals surface area contributed by atoms with Crippen molar-refractivity contribution in [1.29, 1.82) is 0 Å². The van der Waals surface area contributed by atoms with E-state index in [1.165, 1.54) is 0 Å². The third-order valence-electron chi connectivity index (χ3n) is 5.45. The molecule has 150 valence electrons. The molecule has 5 nitrogen and oxygen atoms in total. The number of rotatable bonds is 6. The number of hydrogen-bond donors (Lipinski definition) is 1. The number of ether oxygens (including phenoxy) is 1. The van der Waals surface area contributed by atoms with Gasteiger partial charge >= 0.3 is 0 Å². The van der Waals surface area contributed by atoms with Gasteiger partial charge < -0.3 is 9.64 Å². The normalized spacial score (nSPS) is 13.4. The van der Waals surface area contributed by atoms with Gasteiger partial charge in [-0.1, -0.05) is 48.5 Å². The fourth-order valence-electron chi connectivity index (χ4n) is 3.68. The highest BCUT2D eigenvalue weighted by Crippen LogP contribution is 2.36. The van der Waals surface area contributed by atoms with Crippen LogP contribution in [-0.4, -0.2) is 34.2 Å². The molecule has 1 aliphatic rings. The van der Waals surface area contributed by atoms with Crippen LogP contribution in [-0.2, 0) is 6.54 Å². The molecular weight excluding hydrogens is 374 g/mol. The van der Waals surface area contributed by atoms with Crippen molar-refractivity contribution in [2.75, 3.05) is 7.05 Å². The van der Waals surface area contributed by atoms with E-state index >= 15 is 0 Å². The Hall–Kier alpha value is -3.60. The molecule has 0 aliphatic heterocycles. The summed E-state index contributed by atoms with van der Waals surface area (Å²) in [5, 5.41) is 8.18. The second kappa shape index (κ2) is 7.67. The number of benzene rings is 3. The van der Waals surface area contributed by atoms with Gasteiger partial charge in [0.15, 0.2) is 0 Å². The molecule has 0 spiro atoms. The Balaban J connectivity index is 1.42. The summed E-state index contributed by atoms with van der Waals surface area (Å²) in [6.45, 7) is 0.498. The predicted molar refractivity (Wildman–Crippen MR) is 117 cm³/mol. The Labute approximate surface area is 175 Å². The Morgan fingerprint density at radius 2 is 1.93 bits per heavy atom. The van der Waals surface area contributed by atoms with Gasteiger partial charge in [-0.25, -0.2) is 0 Å². The van der Waals surface area contributed by atoms with Gasteiger partial charge in [-0.2, -0.15) is 5.10 Å². The second-order valence-electron chi connectivity index (χ2n) is 7.81. The van der Waals surface area contributed by atoms with Gasteiger partial charge in [0.25, 0.3) is 5.91 Å². The number of aromatic nitrogens is 2. The molecule has 5 heteroatoms. The Bertz CT molecular complexity index is 1200. The summed E-state index contributed by atoms with van der Waals surface area (Å²) in [6, 6.07) is 21.9. The molecule has 3 aromatic carbocycles. The van der Waals surface area contributed by atoms with Gasteiger partial charge in [0.05, 0.1) is 17.8 Å². The maximum atomic E-state index is 13.2. The van der Waals surface area contributed by atoms with E-state index in [-0.39, 0.29) is 12.0 Å². The van der Waals surface area contributed by atoms with Gasteiger partial charge in [0.1, 0.15) is 5.75 Å². The molecular formula is C25H23N3O2. The zero-order valence-electron chi connectivity index (χ0n) is 16.8. The van der Waals surface area contributed by atoms with Crippen LogP contribution in [0.5, 0.6) is 5.75 Å². The molecule has 1 aliphatic carbocycles. The fraction of sp³-hybridized carbons (Fsp3) is 0.200. The summed E-state index contributed by atoms with van der Waals surface area (Å²) in [5.74, 6) is 0.741. The molecule has 1 N–H and O–H groups in total. The Morgan fingerprint density at radius 3 is 2.73 bits per heavy atom. The number of carbonyl (C=O) groups excluding carboxylic acids is 1. The lowest BCUT2D eigenvalue weighted by Crippen LogP contribution is -2.26. The number of carbonyl (C=O) groups is 1. The Kier molecular flexibility index (Phi) is 4.71. The first-order valence-corrected chi connectivity index (χ1v) is 10.2. The van der Waals surface area contributed by atoms with Crippen LogP contribution in [0.2, 0.25) is 0 Å². The first-order valence-electron chi connectivity index (χ1n) is 10.2. The maximum Gasteiger partial charge on any atom is 0.254 e. The smallest absolute Gasteiger partial charge is 0.254 e. The minimum atomic E-state index is -0.0354. The molecule has 1 saturated carbocycles. The van der Waals surface area contributed by atoms with Crippen LogP contribution in [0.25, 0.3) is 22.0 Å². The van der Waals surface area contributed by atoms with E-state index in [1.807, 2.05) is 61.6 Å². The van der Waals surface area contributed by atoms with Gasteiger partial charge in [-0.3, -0.25) is 9.89 Å². The molecule has 1 aromatic heterocycles. The van der Waals surface area contributed by atoms with Crippen molar-refractivity contribution >= 4 is 16.8 Å². The van der Waals surface area contributed by atoms with E-state index in [4.69, 9.17) is 4.74 Å². The SMILES string of the molecule is CN(Cc1cccc2cn[nH]c12)C(=O)c1ccc(-c2ccccc2)c(OC2CC2)c1. The zero-order chi connectivity index (χ0) is 20.5. The summed E-state index contributed by atoms with van der Waals surface area (Å²) in [5.41, 5.74) is 4.74. The van der Waals surface area contributed by atoms with Crippen molar-refractivity contribution in [2.45, 2.75) is 25.5 Å². The predicted octanol–water partition coefficient (Wildman–Crippen LogP) is 5.04. The number of nitrogens with one attached hydrogen (secondary N) is 1. The lowest BCUT2D eigenvalue weighted by molar-refractivity contribution is 0.0785. The standard InChI is InChI=1S/C25H23N3O2/c1-28(16-20-9-5-8-19-15-26-27-24(19)20)25(29)18-10-13-22(17-6-3-2-4-7-17)23(14-18)30-21-11-12-21/h2-10,13-15,21H,11-12,16H2,1H3,(H,26,27). The van der Waals surface area contributed by atoms with E-state index in [0.29, 0.717) is 12.1 Å². The number of hydrogen-bond acceptors (Lipinski definition) is 3. The molecule has 4 aromatic rings. The average Bonchev–Trinajstić information content (AvgIpc) is 3.46. The van der Waals surface area contributed by atoms with Crippen molar-refractivity contribution in [1.82, 2.24) is 15.1 Å². The quantitative estimate of drug-likeness (QED) is 0.496. The highest BCUT2D eigenvalue weighted by Gasteiger charge is 2.25. The minimum Gasteiger partial charge on any atom is -0.490 e. The topological polar surface area (TPSA) is 58.2 Å². The number of H-pyrrole nitrogens is 1. The number of amides is 1. The molecule has 1 heterocycles. The first-order chi connectivity index (χ1) is 14.7. The van der Waals surface area contributed by atoms with Gasteiger partial charge in [-0.15, -0.1) is 0 Å². The summed E-state index contributed by atoms with van der Waals surface area (Å²) < 4.78 is 6.16. The molecule has 30 heavy (non-hydrogen) atoms. The number of para-hydroxylation sites is 1. The summed E-state index contributed by atoms with van der Waals surface area (Å²) >= 11 is 0. The van der Waals surface area contributed by atoms with Crippen LogP contribution in [0.1, 0.15) is 28.8 Å². The van der Waals surface area contributed by atoms with Gasteiger partial charge in [-0.05, 0) is 42.2 Å². The first kappa shape index (κ1) is 18.4. The molecule has 0 bridgehead atoms. The molecule has 0 radical (unpaired) electrons. The van der Waals surface area contributed by atoms with Gasteiger partial charge in [0.2, 0.25) is 0 Å². The van der Waals surface area contributed by atoms with E-state index < -0.39 is 0 Å². The van der Waals surface area contributed by atoms with Crippen LogP contribution in [0.15, 0.2) is 72.9 Å². The average molecular weight is 397 g/mol. The minimum absolute atomic E-state index is 0.0354. The number of aromatic amines is 1. The van der Waals surface area contributed by atoms with E-state index in [9.17, 15) is 4.79 Å². The van der Waals surface area contributed by atoms with Crippen molar-refractivity contribution in [3.05, 3.63) is 84.1 Å². The highest BCUT2D eigenvalue weighted by atomic mass is 16.5. The molecule has 0 unspecified atom stereocenters. The van der Waals surface area contributed by atoms with Crippen molar-refractivity contribution in [3.8, 4) is 16.9 Å². The second-order valence-corrected chi connectivity index (χ2v) is 7.81. The highest BCUT2D eigenvalue weighted by molar-refractivity contribution is 5.95. The van der Waals surface area contributed by atoms with Crippen LogP contribution < -0.4 is 4.74 Å². The third kappa shape index (κ3) is 3.66. The lowest BCUT2D eigenvalue weighted by Gasteiger charge is -2.19. The fourth-order valence-corrected chi connectivity index (χ4v) is 3.68. The molecule has 0 saturated heterocycles. The molecule has 1 fully saturated rings. The Morgan fingerprint density at radius 1 is 1.10 bits per heavy atom. The zero-order valence-corrected chi connectivity index (χ0v) is 16.8. The monoisotopic (exact) mass is 397 g/mol. The summed E-state index contributed by atoms with van der Waals surface area (Å²) in [4.78, 5) is 14.9. The van der Waals surface area contributed by atoms with Crippen molar-refractivity contribution in [3.63, 3.8) is 0 Å². The maximum absolute atomic E-state index is 13.2. The van der Waals surface area contributed by atoms with Crippen molar-refractivity contribution in [2.24, 2.45) is 0 Å². The third-order valence-corrected chi connectivity index (χ3v) is 5.45. The number of fused-ring (bicyclic) bond motifs is 1. The van der Waals surface area contributed by atoms with E-state index in [2.05, 4.69) is 22.3 Å². The molecule has 0 atom stereocenters. The van der Waals surface area contributed by atoms with Gasteiger partial charge in [0, 0.05) is 30.1 Å². The summed E-state index contributed by atoms with van der Waals surface area (Å²) in [7, 11) is 1.82. The van der Waals surface area contributed by atoms with Crippen molar-refractivity contribution < 1.29 is 9.53 Å². The molecule has 1 amide bonds. The van der Waals surface area contributed by atoms with Crippen LogP contribution in [0, 0.1) is 0 Å².